The predicted octanol–water partition coefficient (Wildman–Crippen LogP) is -0.345. The lowest BCUT2D eigenvalue weighted by atomic mass is 10.0. The van der Waals surface area contributed by atoms with Gasteiger partial charge in [0.25, 0.3) is 0 Å². The number of carbonyl (C=O) groups excluding carboxylic acids is 1. The average Bonchev–Trinajstić information content (AvgIpc) is 2.18. The van der Waals surface area contributed by atoms with Crippen molar-refractivity contribution < 1.29 is 18.0 Å². The zero-order valence-corrected chi connectivity index (χ0v) is 9.26. The predicted molar refractivity (Wildman–Crippen MR) is 54.1 cm³/mol. The molecule has 0 aromatic heterocycles. The first-order chi connectivity index (χ1) is 7.02. The first-order valence-electron chi connectivity index (χ1n) is 4.93. The second-order valence-corrected chi connectivity index (χ2v) is 5.57. The Morgan fingerprint density at radius 2 is 1.93 bits per heavy atom. The number of nitrogens with one attached hydrogen (secondary N) is 1. The number of sulfonamides is 1. The molecule has 1 aliphatic carbocycles. The van der Waals surface area contributed by atoms with Crippen molar-refractivity contribution in [3.05, 3.63) is 0 Å². The molecule has 0 bridgehead atoms. The number of amides is 1. The molecule has 0 aromatic carbocycles. The van der Waals surface area contributed by atoms with Gasteiger partial charge >= 0.3 is 0 Å². The van der Waals surface area contributed by atoms with E-state index >= 15 is 0 Å². The molecule has 1 aliphatic rings. The molecule has 0 atom stereocenters. The molecule has 1 rings (SSSR count). The van der Waals surface area contributed by atoms with E-state index in [2.05, 4.69) is 4.84 Å². The fourth-order valence-electron chi connectivity index (χ4n) is 1.63. The summed E-state index contributed by atoms with van der Waals surface area (Å²) in [6.45, 7) is -0.439. The van der Waals surface area contributed by atoms with Gasteiger partial charge in [-0.3, -0.25) is 9.63 Å². The Morgan fingerprint density at radius 1 is 1.33 bits per heavy atom. The molecule has 1 saturated carbocycles. The third-order valence-corrected chi connectivity index (χ3v) is 4.08. The topological polar surface area (TPSA) is 98.5 Å². The standard InChI is InChI=1S/C8H16N2O4S/c9-8(11)6-14-10-15(12,13)7-4-2-1-3-5-7/h7,10H,1-6H2,(H2,9,11). The van der Waals surface area contributed by atoms with E-state index < -0.39 is 27.8 Å². The Labute approximate surface area is 89.2 Å². The molecule has 15 heavy (non-hydrogen) atoms. The van der Waals surface area contributed by atoms with Gasteiger partial charge in [0.1, 0.15) is 6.61 Å². The highest BCUT2D eigenvalue weighted by Gasteiger charge is 2.27. The van der Waals surface area contributed by atoms with Crippen LogP contribution in [0.15, 0.2) is 0 Å². The van der Waals surface area contributed by atoms with Crippen LogP contribution in [0.5, 0.6) is 0 Å². The molecule has 6 nitrogen and oxygen atoms in total. The number of primary amides is 1. The maximum Gasteiger partial charge on any atom is 0.245 e. The number of hydrogen-bond acceptors (Lipinski definition) is 4. The summed E-state index contributed by atoms with van der Waals surface area (Å²) in [6.07, 6.45) is 4.21. The second kappa shape index (κ2) is 5.43. The molecule has 0 radical (unpaired) electrons. The lowest BCUT2D eigenvalue weighted by molar-refractivity contribution is -0.123. The van der Waals surface area contributed by atoms with Gasteiger partial charge in [0.2, 0.25) is 15.9 Å². The summed E-state index contributed by atoms with van der Waals surface area (Å²) in [5.41, 5.74) is 4.80. The van der Waals surface area contributed by atoms with E-state index in [1.165, 1.54) is 0 Å². The third kappa shape index (κ3) is 4.15. The van der Waals surface area contributed by atoms with Crippen LogP contribution >= 0.6 is 0 Å². The van der Waals surface area contributed by atoms with Gasteiger partial charge in [-0.05, 0) is 12.8 Å². The minimum Gasteiger partial charge on any atom is -0.368 e. The van der Waals surface area contributed by atoms with E-state index in [9.17, 15) is 13.2 Å². The lowest BCUT2D eigenvalue weighted by Gasteiger charge is -2.21. The zero-order valence-electron chi connectivity index (χ0n) is 8.44. The van der Waals surface area contributed by atoms with E-state index in [-0.39, 0.29) is 0 Å². The van der Waals surface area contributed by atoms with Gasteiger partial charge in [-0.25, -0.2) is 8.42 Å². The van der Waals surface area contributed by atoms with Gasteiger partial charge in [0.15, 0.2) is 0 Å². The summed E-state index contributed by atoms with van der Waals surface area (Å²) < 4.78 is 23.2. The molecule has 0 heterocycles. The Hall–Kier alpha value is -0.660. The molecule has 0 aliphatic heterocycles. The fraction of sp³-hybridized carbons (Fsp3) is 0.875. The van der Waals surface area contributed by atoms with Gasteiger partial charge in [0.05, 0.1) is 5.25 Å². The summed E-state index contributed by atoms with van der Waals surface area (Å²) in [5.74, 6) is -0.707. The van der Waals surface area contributed by atoms with Crippen molar-refractivity contribution in [3.63, 3.8) is 0 Å². The largest absolute Gasteiger partial charge is 0.368 e. The zero-order chi connectivity index (χ0) is 11.3. The summed E-state index contributed by atoms with van der Waals surface area (Å²) in [7, 11) is -3.46. The molecule has 3 N–H and O–H groups in total. The van der Waals surface area contributed by atoms with Crippen molar-refractivity contribution in [1.29, 1.82) is 0 Å². The molecule has 88 valence electrons. The molecule has 1 amide bonds. The van der Waals surface area contributed by atoms with Crippen molar-refractivity contribution in [1.82, 2.24) is 4.89 Å². The van der Waals surface area contributed by atoms with E-state index in [4.69, 9.17) is 5.73 Å². The molecule has 0 unspecified atom stereocenters. The molecule has 0 aromatic rings. The van der Waals surface area contributed by atoms with E-state index in [0.717, 1.165) is 19.3 Å². The normalized spacial score (nSPS) is 18.9. The second-order valence-electron chi connectivity index (χ2n) is 3.64. The van der Waals surface area contributed by atoms with Crippen LogP contribution in [0.4, 0.5) is 0 Å². The first-order valence-corrected chi connectivity index (χ1v) is 6.48. The summed E-state index contributed by atoms with van der Waals surface area (Å²) in [4.78, 5) is 16.8. The van der Waals surface area contributed by atoms with E-state index in [1.807, 2.05) is 4.89 Å². The Morgan fingerprint density at radius 3 is 2.47 bits per heavy atom. The van der Waals surface area contributed by atoms with Gasteiger partial charge in [-0.15, -0.1) is 0 Å². The number of nitrogens with two attached hydrogens (primary N) is 1. The highest BCUT2D eigenvalue weighted by Crippen LogP contribution is 2.22. The Bertz CT molecular complexity index is 309. The van der Waals surface area contributed by atoms with Crippen LogP contribution in [0, 0.1) is 0 Å². The minimum atomic E-state index is -3.46. The first kappa shape index (κ1) is 12.4. The Balaban J connectivity index is 2.40. The van der Waals surface area contributed by atoms with Crippen LogP contribution < -0.4 is 10.6 Å². The van der Waals surface area contributed by atoms with Crippen LogP contribution in [0.1, 0.15) is 32.1 Å². The molecule has 7 heteroatoms. The number of hydrogen-bond donors (Lipinski definition) is 2. The number of rotatable bonds is 5. The molecule has 0 spiro atoms. The summed E-state index contributed by atoms with van der Waals surface area (Å²) in [6, 6.07) is 0. The van der Waals surface area contributed by atoms with Gasteiger partial charge in [-0.1, -0.05) is 24.1 Å². The number of carbonyl (C=O) groups is 1. The van der Waals surface area contributed by atoms with E-state index in [1.54, 1.807) is 0 Å². The minimum absolute atomic E-state index is 0.404. The van der Waals surface area contributed by atoms with Crippen LogP contribution in [-0.2, 0) is 19.7 Å². The highest BCUT2D eigenvalue weighted by atomic mass is 32.2. The fourth-order valence-corrected chi connectivity index (χ4v) is 2.94. The molecular weight excluding hydrogens is 220 g/mol. The molecular formula is C8H16N2O4S. The van der Waals surface area contributed by atoms with Crippen LogP contribution in [-0.4, -0.2) is 26.2 Å². The van der Waals surface area contributed by atoms with Crippen LogP contribution in [0.25, 0.3) is 0 Å². The molecule has 0 saturated heterocycles. The van der Waals surface area contributed by atoms with Crippen LogP contribution in [0.2, 0.25) is 0 Å². The Kier molecular flexibility index (Phi) is 4.49. The monoisotopic (exact) mass is 236 g/mol. The van der Waals surface area contributed by atoms with Crippen molar-refractivity contribution in [2.24, 2.45) is 5.73 Å². The maximum absolute atomic E-state index is 11.6. The van der Waals surface area contributed by atoms with Crippen molar-refractivity contribution >= 4 is 15.9 Å². The SMILES string of the molecule is NC(=O)CONS(=O)(=O)C1CCCCC1. The van der Waals surface area contributed by atoms with Gasteiger partial charge in [-0.2, -0.15) is 0 Å². The average molecular weight is 236 g/mol. The third-order valence-electron chi connectivity index (χ3n) is 2.38. The van der Waals surface area contributed by atoms with Crippen LogP contribution in [0.3, 0.4) is 0 Å². The summed E-state index contributed by atoms with van der Waals surface area (Å²) >= 11 is 0. The lowest BCUT2D eigenvalue weighted by Crippen LogP contribution is -2.37. The maximum atomic E-state index is 11.6. The van der Waals surface area contributed by atoms with E-state index in [0.29, 0.717) is 12.8 Å². The van der Waals surface area contributed by atoms with Gasteiger partial charge < -0.3 is 5.73 Å². The van der Waals surface area contributed by atoms with Crippen molar-refractivity contribution in [2.75, 3.05) is 6.61 Å². The molecule has 1 fully saturated rings. The van der Waals surface area contributed by atoms with Crippen molar-refractivity contribution in [3.8, 4) is 0 Å². The smallest absolute Gasteiger partial charge is 0.245 e. The quantitative estimate of drug-likeness (QED) is 0.638. The van der Waals surface area contributed by atoms with Gasteiger partial charge in [0, 0.05) is 0 Å². The summed E-state index contributed by atoms with van der Waals surface area (Å²) in [5, 5.41) is -0.404. The highest BCUT2D eigenvalue weighted by molar-refractivity contribution is 7.89. The van der Waals surface area contributed by atoms with Crippen molar-refractivity contribution in [2.45, 2.75) is 37.4 Å².